The topological polar surface area (TPSA) is 61.5 Å². The van der Waals surface area contributed by atoms with Gasteiger partial charge in [0.25, 0.3) is 0 Å². The monoisotopic (exact) mass is 329 g/mol. The van der Waals surface area contributed by atoms with E-state index in [0.717, 1.165) is 23.7 Å². The second kappa shape index (κ2) is 8.80. The molecule has 0 aliphatic carbocycles. The molecule has 106 valence electrons. The summed E-state index contributed by atoms with van der Waals surface area (Å²) in [4.78, 5) is 11.1. The van der Waals surface area contributed by atoms with E-state index >= 15 is 0 Å². The fourth-order valence-electron chi connectivity index (χ4n) is 1.61. The van der Waals surface area contributed by atoms with Gasteiger partial charge >= 0.3 is 5.97 Å². The van der Waals surface area contributed by atoms with Crippen molar-refractivity contribution in [3.63, 3.8) is 0 Å². The van der Waals surface area contributed by atoms with E-state index < -0.39 is 0 Å². The van der Waals surface area contributed by atoms with Crippen LogP contribution in [0, 0.1) is 0 Å². The van der Waals surface area contributed by atoms with Crippen molar-refractivity contribution in [2.24, 2.45) is 0 Å². The molecule has 19 heavy (non-hydrogen) atoms. The Kier molecular flexibility index (Phi) is 7.33. The molecule has 0 saturated carbocycles. The van der Waals surface area contributed by atoms with Gasteiger partial charge in [-0.3, -0.25) is 4.79 Å². The molecule has 0 unspecified atom stereocenters. The first kappa shape index (κ1) is 15.8. The van der Waals surface area contributed by atoms with E-state index in [2.05, 4.69) is 15.9 Å². The number of nitrogen functional groups attached to an aromatic ring is 1. The van der Waals surface area contributed by atoms with Crippen molar-refractivity contribution in [1.82, 2.24) is 0 Å². The molecule has 0 fully saturated rings. The van der Waals surface area contributed by atoms with E-state index in [9.17, 15) is 4.79 Å². The van der Waals surface area contributed by atoms with E-state index in [4.69, 9.17) is 15.2 Å². The first-order chi connectivity index (χ1) is 9.13. The van der Waals surface area contributed by atoms with Crippen molar-refractivity contribution < 1.29 is 14.3 Å². The van der Waals surface area contributed by atoms with Crippen LogP contribution in [0.4, 0.5) is 5.69 Å². The SMILES string of the molecule is CCOC(=O)CCCCCOc1ccc(Br)cc1N. The molecule has 0 aliphatic rings. The average molecular weight is 330 g/mol. The predicted octanol–water partition coefficient (Wildman–Crippen LogP) is 3.53. The normalized spacial score (nSPS) is 10.2. The summed E-state index contributed by atoms with van der Waals surface area (Å²) in [5.74, 6) is 0.578. The van der Waals surface area contributed by atoms with Crippen molar-refractivity contribution in [1.29, 1.82) is 0 Å². The molecule has 0 bridgehead atoms. The Balaban J connectivity index is 2.12. The first-order valence-corrected chi connectivity index (χ1v) is 7.26. The molecule has 0 amide bonds. The van der Waals surface area contributed by atoms with Crippen LogP contribution in [0.15, 0.2) is 22.7 Å². The number of benzene rings is 1. The van der Waals surface area contributed by atoms with Crippen LogP contribution in [-0.4, -0.2) is 19.2 Å². The molecule has 0 heterocycles. The lowest BCUT2D eigenvalue weighted by Crippen LogP contribution is -2.04. The van der Waals surface area contributed by atoms with Crippen molar-refractivity contribution >= 4 is 27.6 Å². The molecule has 5 heteroatoms. The number of esters is 1. The van der Waals surface area contributed by atoms with Crippen molar-refractivity contribution in [2.45, 2.75) is 32.6 Å². The molecular weight excluding hydrogens is 310 g/mol. The van der Waals surface area contributed by atoms with E-state index in [-0.39, 0.29) is 5.97 Å². The zero-order valence-corrected chi connectivity index (χ0v) is 12.7. The fraction of sp³-hybridized carbons (Fsp3) is 0.500. The lowest BCUT2D eigenvalue weighted by molar-refractivity contribution is -0.143. The molecule has 0 aromatic heterocycles. The number of hydrogen-bond donors (Lipinski definition) is 1. The van der Waals surface area contributed by atoms with Crippen LogP contribution in [0.1, 0.15) is 32.6 Å². The number of ether oxygens (including phenoxy) is 2. The second-order valence-corrected chi connectivity index (χ2v) is 5.06. The van der Waals surface area contributed by atoms with Gasteiger partial charge < -0.3 is 15.2 Å². The quantitative estimate of drug-likeness (QED) is 0.450. The number of unbranched alkanes of at least 4 members (excludes halogenated alkanes) is 2. The highest BCUT2D eigenvalue weighted by Gasteiger charge is 2.02. The molecule has 2 N–H and O–H groups in total. The zero-order valence-electron chi connectivity index (χ0n) is 11.2. The number of rotatable bonds is 8. The van der Waals surface area contributed by atoms with E-state index in [1.54, 1.807) is 0 Å². The molecular formula is C14H20BrNO3. The summed E-state index contributed by atoms with van der Waals surface area (Å²) in [6, 6.07) is 5.56. The van der Waals surface area contributed by atoms with Crippen LogP contribution < -0.4 is 10.5 Å². The summed E-state index contributed by atoms with van der Waals surface area (Å²) in [5, 5.41) is 0. The number of halogens is 1. The zero-order chi connectivity index (χ0) is 14.1. The maximum Gasteiger partial charge on any atom is 0.305 e. The minimum atomic E-state index is -0.124. The number of carbonyl (C=O) groups excluding carboxylic acids is 1. The van der Waals surface area contributed by atoms with Crippen LogP contribution >= 0.6 is 15.9 Å². The summed E-state index contributed by atoms with van der Waals surface area (Å²) in [6.45, 7) is 2.87. The van der Waals surface area contributed by atoms with Crippen molar-refractivity contribution in [2.75, 3.05) is 18.9 Å². The molecule has 1 rings (SSSR count). The Labute approximate surface area is 122 Å². The third kappa shape index (κ3) is 6.47. The molecule has 0 saturated heterocycles. The summed E-state index contributed by atoms with van der Waals surface area (Å²) < 4.78 is 11.4. The van der Waals surface area contributed by atoms with Crippen LogP contribution in [0.5, 0.6) is 5.75 Å². The number of nitrogens with two attached hydrogens (primary N) is 1. The van der Waals surface area contributed by atoms with Crippen LogP contribution in [0.2, 0.25) is 0 Å². The Morgan fingerprint density at radius 3 is 2.79 bits per heavy atom. The lowest BCUT2D eigenvalue weighted by Gasteiger charge is -2.09. The highest BCUT2D eigenvalue weighted by atomic mass is 79.9. The van der Waals surface area contributed by atoms with Gasteiger partial charge in [-0.05, 0) is 44.4 Å². The highest BCUT2D eigenvalue weighted by molar-refractivity contribution is 9.10. The summed E-state index contributed by atoms with van der Waals surface area (Å²) in [7, 11) is 0. The van der Waals surface area contributed by atoms with Gasteiger partial charge in [0.2, 0.25) is 0 Å². The minimum absolute atomic E-state index is 0.124. The van der Waals surface area contributed by atoms with Crippen molar-refractivity contribution in [3.8, 4) is 5.75 Å². The van der Waals surface area contributed by atoms with Gasteiger partial charge in [0, 0.05) is 10.9 Å². The van der Waals surface area contributed by atoms with Gasteiger partial charge in [-0.15, -0.1) is 0 Å². The maximum atomic E-state index is 11.1. The van der Waals surface area contributed by atoms with Gasteiger partial charge in [-0.25, -0.2) is 0 Å². The summed E-state index contributed by atoms with van der Waals surface area (Å²) in [6.07, 6.45) is 3.15. The maximum absolute atomic E-state index is 11.1. The van der Waals surface area contributed by atoms with E-state index in [0.29, 0.717) is 31.1 Å². The smallest absolute Gasteiger partial charge is 0.305 e. The Morgan fingerprint density at radius 2 is 2.11 bits per heavy atom. The third-order valence-electron chi connectivity index (χ3n) is 2.56. The Hall–Kier alpha value is -1.23. The number of carbonyl (C=O) groups is 1. The van der Waals surface area contributed by atoms with Crippen LogP contribution in [0.3, 0.4) is 0 Å². The first-order valence-electron chi connectivity index (χ1n) is 6.47. The molecule has 0 atom stereocenters. The minimum Gasteiger partial charge on any atom is -0.491 e. The standard InChI is InChI=1S/C14H20BrNO3/c1-2-18-14(17)6-4-3-5-9-19-13-8-7-11(15)10-12(13)16/h7-8,10H,2-6,9,16H2,1H3. The molecule has 1 aromatic carbocycles. The van der Waals surface area contributed by atoms with E-state index in [1.165, 1.54) is 0 Å². The predicted molar refractivity (Wildman–Crippen MR) is 79.2 cm³/mol. The lowest BCUT2D eigenvalue weighted by atomic mass is 10.2. The third-order valence-corrected chi connectivity index (χ3v) is 3.05. The number of anilines is 1. The van der Waals surface area contributed by atoms with Crippen molar-refractivity contribution in [3.05, 3.63) is 22.7 Å². The Bertz CT molecular complexity index is 410. The molecule has 4 nitrogen and oxygen atoms in total. The van der Waals surface area contributed by atoms with Gasteiger partial charge in [-0.2, -0.15) is 0 Å². The second-order valence-electron chi connectivity index (χ2n) is 4.15. The largest absolute Gasteiger partial charge is 0.491 e. The van der Waals surface area contributed by atoms with E-state index in [1.807, 2.05) is 25.1 Å². The molecule has 1 aromatic rings. The fourth-order valence-corrected chi connectivity index (χ4v) is 1.99. The summed E-state index contributed by atoms with van der Waals surface area (Å²) in [5.41, 5.74) is 6.44. The van der Waals surface area contributed by atoms with Gasteiger partial charge in [0.15, 0.2) is 0 Å². The van der Waals surface area contributed by atoms with Gasteiger partial charge in [0.05, 0.1) is 18.9 Å². The summed E-state index contributed by atoms with van der Waals surface area (Å²) >= 11 is 3.35. The van der Waals surface area contributed by atoms with Gasteiger partial charge in [0.1, 0.15) is 5.75 Å². The number of hydrogen-bond acceptors (Lipinski definition) is 4. The van der Waals surface area contributed by atoms with Gasteiger partial charge in [-0.1, -0.05) is 15.9 Å². The molecule has 0 radical (unpaired) electrons. The van der Waals surface area contributed by atoms with Crippen LogP contribution in [-0.2, 0) is 9.53 Å². The average Bonchev–Trinajstić information content (AvgIpc) is 2.36. The molecule has 0 aliphatic heterocycles. The highest BCUT2D eigenvalue weighted by Crippen LogP contribution is 2.25. The molecule has 0 spiro atoms. The Morgan fingerprint density at radius 1 is 1.32 bits per heavy atom. The van der Waals surface area contributed by atoms with Crippen LogP contribution in [0.25, 0.3) is 0 Å².